The molecular weight excluding hydrogens is 276 g/mol. The molecule has 6 nitrogen and oxygen atoms in total. The number of rotatable bonds is 5. The fourth-order valence-electron chi connectivity index (χ4n) is 1.99. The van der Waals surface area contributed by atoms with Gasteiger partial charge in [0.25, 0.3) is 0 Å². The van der Waals surface area contributed by atoms with E-state index in [9.17, 15) is 0 Å². The third-order valence-electron chi connectivity index (χ3n) is 3.24. The minimum Gasteiger partial charge on any atom is -0.356 e. The maximum atomic E-state index is 4.48. The maximum Gasteiger partial charge on any atom is 0.191 e. The van der Waals surface area contributed by atoms with Crippen molar-refractivity contribution < 1.29 is 0 Å². The monoisotopic (exact) mass is 300 g/mol. The normalized spacial score (nSPS) is 11.8. The molecule has 2 heterocycles. The summed E-state index contributed by atoms with van der Waals surface area (Å²) >= 11 is 0. The molecule has 0 saturated heterocycles. The molecule has 2 rings (SSSR count). The van der Waals surface area contributed by atoms with E-state index < -0.39 is 0 Å². The number of hydrogen-bond donors (Lipinski definition) is 2. The smallest absolute Gasteiger partial charge is 0.191 e. The third kappa shape index (κ3) is 4.31. The van der Waals surface area contributed by atoms with Crippen LogP contribution in [0.15, 0.2) is 35.7 Å². The molecule has 0 unspecified atom stereocenters. The second-order valence-corrected chi connectivity index (χ2v) is 5.57. The highest BCUT2D eigenvalue weighted by atomic mass is 15.2. The first-order chi connectivity index (χ1) is 10.6. The number of nitrogens with one attached hydrogen (secondary N) is 2. The Morgan fingerprint density at radius 1 is 1.27 bits per heavy atom. The molecule has 0 fully saturated rings. The number of aliphatic imine (C=N–C) groups is 1. The molecule has 0 atom stereocenters. The molecule has 0 radical (unpaired) electrons. The van der Waals surface area contributed by atoms with Gasteiger partial charge in [-0.05, 0) is 24.5 Å². The summed E-state index contributed by atoms with van der Waals surface area (Å²) in [5, 5.41) is 6.57. The van der Waals surface area contributed by atoms with Crippen molar-refractivity contribution in [3.8, 4) is 5.82 Å². The van der Waals surface area contributed by atoms with Gasteiger partial charge in [0.05, 0.1) is 0 Å². The van der Waals surface area contributed by atoms with Crippen molar-refractivity contribution in [2.75, 3.05) is 13.6 Å². The topological polar surface area (TPSA) is 67.1 Å². The first-order valence-electron chi connectivity index (χ1n) is 7.50. The first kappa shape index (κ1) is 16.0. The fraction of sp³-hybridized carbons (Fsp3) is 0.438. The second kappa shape index (κ2) is 7.59. The fourth-order valence-corrected chi connectivity index (χ4v) is 1.99. The number of imidazole rings is 1. The average Bonchev–Trinajstić information content (AvgIpc) is 2.94. The zero-order chi connectivity index (χ0) is 15.9. The van der Waals surface area contributed by atoms with E-state index >= 15 is 0 Å². The minimum atomic E-state index is 0.581. The standard InChI is InChI=1S/C16H24N6/c1-12(2)9-20-16(17-4)21-11-14-5-6-15(19-10-14)22-8-7-18-13(22)3/h5-8,10,12H,9,11H2,1-4H3,(H2,17,20,21). The van der Waals surface area contributed by atoms with Crippen molar-refractivity contribution in [2.45, 2.75) is 27.3 Å². The molecule has 22 heavy (non-hydrogen) atoms. The van der Waals surface area contributed by atoms with Crippen molar-refractivity contribution in [3.63, 3.8) is 0 Å². The highest BCUT2D eigenvalue weighted by Crippen LogP contribution is 2.08. The summed E-state index contributed by atoms with van der Waals surface area (Å²) < 4.78 is 1.96. The van der Waals surface area contributed by atoms with Crippen LogP contribution in [0.25, 0.3) is 5.82 Å². The summed E-state index contributed by atoms with van der Waals surface area (Å²) in [5.41, 5.74) is 1.11. The molecule has 0 amide bonds. The van der Waals surface area contributed by atoms with Gasteiger partial charge in [0.15, 0.2) is 5.96 Å². The van der Waals surface area contributed by atoms with Crippen LogP contribution in [0.4, 0.5) is 0 Å². The number of pyridine rings is 1. The van der Waals surface area contributed by atoms with Crippen molar-refractivity contribution >= 4 is 5.96 Å². The van der Waals surface area contributed by atoms with Crippen LogP contribution in [-0.2, 0) is 6.54 Å². The number of hydrogen-bond acceptors (Lipinski definition) is 3. The van der Waals surface area contributed by atoms with E-state index in [1.54, 1.807) is 13.2 Å². The highest BCUT2D eigenvalue weighted by Gasteiger charge is 2.03. The van der Waals surface area contributed by atoms with Gasteiger partial charge in [-0.3, -0.25) is 9.56 Å². The van der Waals surface area contributed by atoms with Crippen LogP contribution in [0.1, 0.15) is 25.2 Å². The van der Waals surface area contributed by atoms with E-state index in [1.807, 2.05) is 30.0 Å². The zero-order valence-corrected chi connectivity index (χ0v) is 13.7. The molecular formula is C16H24N6. The molecule has 2 aromatic rings. The lowest BCUT2D eigenvalue weighted by molar-refractivity contribution is 0.614. The largest absolute Gasteiger partial charge is 0.356 e. The van der Waals surface area contributed by atoms with Crippen molar-refractivity contribution in [3.05, 3.63) is 42.1 Å². The van der Waals surface area contributed by atoms with E-state index in [0.717, 1.165) is 29.7 Å². The van der Waals surface area contributed by atoms with E-state index in [4.69, 9.17) is 0 Å². The van der Waals surface area contributed by atoms with Crippen LogP contribution in [0.5, 0.6) is 0 Å². The summed E-state index contributed by atoms with van der Waals surface area (Å²) in [4.78, 5) is 12.9. The molecule has 0 aliphatic rings. The molecule has 6 heteroatoms. The predicted octanol–water partition coefficient (Wildman–Crippen LogP) is 1.90. The highest BCUT2D eigenvalue weighted by molar-refractivity contribution is 5.79. The molecule has 0 bridgehead atoms. The lowest BCUT2D eigenvalue weighted by Crippen LogP contribution is -2.38. The van der Waals surface area contributed by atoms with Gasteiger partial charge in [-0.2, -0.15) is 0 Å². The zero-order valence-electron chi connectivity index (χ0n) is 13.7. The Balaban J connectivity index is 1.93. The van der Waals surface area contributed by atoms with E-state index in [2.05, 4.69) is 45.5 Å². The third-order valence-corrected chi connectivity index (χ3v) is 3.24. The van der Waals surface area contributed by atoms with Crippen LogP contribution < -0.4 is 10.6 Å². The number of aryl methyl sites for hydroxylation is 1. The summed E-state index contributed by atoms with van der Waals surface area (Å²) in [6.07, 6.45) is 5.56. The molecule has 0 saturated carbocycles. The van der Waals surface area contributed by atoms with Gasteiger partial charge in [-0.25, -0.2) is 9.97 Å². The Morgan fingerprint density at radius 3 is 2.64 bits per heavy atom. The van der Waals surface area contributed by atoms with Gasteiger partial charge >= 0.3 is 0 Å². The minimum absolute atomic E-state index is 0.581. The summed E-state index contributed by atoms with van der Waals surface area (Å²) in [5.74, 6) is 3.19. The Labute approximate surface area is 131 Å². The predicted molar refractivity (Wildman–Crippen MR) is 89.1 cm³/mol. The van der Waals surface area contributed by atoms with Crippen LogP contribution in [0.3, 0.4) is 0 Å². The molecule has 2 aromatic heterocycles. The van der Waals surface area contributed by atoms with Crippen LogP contribution in [0.2, 0.25) is 0 Å². The lowest BCUT2D eigenvalue weighted by Gasteiger charge is -2.13. The molecule has 2 N–H and O–H groups in total. The number of nitrogens with zero attached hydrogens (tertiary/aromatic N) is 4. The summed E-state index contributed by atoms with van der Waals surface area (Å²) in [6, 6.07) is 4.06. The van der Waals surface area contributed by atoms with Crippen LogP contribution >= 0.6 is 0 Å². The summed E-state index contributed by atoms with van der Waals surface area (Å²) in [7, 11) is 1.78. The van der Waals surface area contributed by atoms with E-state index in [-0.39, 0.29) is 0 Å². The molecule has 0 aromatic carbocycles. The maximum absolute atomic E-state index is 4.48. The van der Waals surface area contributed by atoms with Crippen LogP contribution in [0, 0.1) is 12.8 Å². The lowest BCUT2D eigenvalue weighted by atomic mass is 10.2. The van der Waals surface area contributed by atoms with Gasteiger partial charge in [0.1, 0.15) is 11.6 Å². The van der Waals surface area contributed by atoms with Crippen molar-refractivity contribution in [2.24, 2.45) is 10.9 Å². The van der Waals surface area contributed by atoms with Gasteiger partial charge < -0.3 is 10.6 Å². The first-order valence-corrected chi connectivity index (χ1v) is 7.50. The molecule has 0 aliphatic carbocycles. The Kier molecular flexibility index (Phi) is 5.52. The number of guanidine groups is 1. The Hall–Kier alpha value is -2.37. The Morgan fingerprint density at radius 2 is 2.09 bits per heavy atom. The van der Waals surface area contributed by atoms with Gasteiger partial charge in [-0.1, -0.05) is 19.9 Å². The van der Waals surface area contributed by atoms with E-state index in [1.165, 1.54) is 0 Å². The SMILES string of the molecule is CN=C(NCc1ccc(-n2ccnc2C)nc1)NCC(C)C. The van der Waals surface area contributed by atoms with Gasteiger partial charge in [-0.15, -0.1) is 0 Å². The molecule has 0 aliphatic heterocycles. The average molecular weight is 300 g/mol. The molecule has 118 valence electrons. The molecule has 0 spiro atoms. The second-order valence-electron chi connectivity index (χ2n) is 5.57. The van der Waals surface area contributed by atoms with E-state index in [0.29, 0.717) is 12.5 Å². The van der Waals surface area contributed by atoms with Gasteiger partial charge in [0, 0.05) is 38.7 Å². The quantitative estimate of drug-likeness (QED) is 0.654. The van der Waals surface area contributed by atoms with Gasteiger partial charge in [0.2, 0.25) is 0 Å². The Bertz CT molecular complexity index is 612. The van der Waals surface area contributed by atoms with Crippen LogP contribution in [-0.4, -0.2) is 34.1 Å². The van der Waals surface area contributed by atoms with Crippen molar-refractivity contribution in [1.29, 1.82) is 0 Å². The number of aromatic nitrogens is 3. The van der Waals surface area contributed by atoms with Crippen molar-refractivity contribution in [1.82, 2.24) is 25.2 Å². The summed E-state index contributed by atoms with van der Waals surface area (Å²) in [6.45, 7) is 7.88.